The molecule has 0 unspecified atom stereocenters. The fourth-order valence-corrected chi connectivity index (χ4v) is 5.74. The maximum Gasteiger partial charge on any atom is 0.255 e. The maximum atomic E-state index is 13.8. The Morgan fingerprint density at radius 2 is 1.02 bits per heavy atom. The smallest absolute Gasteiger partial charge is 0.255 e. The largest absolute Gasteiger partial charge is 0.496 e. The predicted molar refractivity (Wildman–Crippen MR) is 198 cm³/mol. The Morgan fingerprint density at radius 1 is 0.608 bits per heavy atom. The first kappa shape index (κ1) is 43.0. The van der Waals surface area contributed by atoms with E-state index < -0.39 is 29.9 Å². The van der Waals surface area contributed by atoms with E-state index in [0.29, 0.717) is 75.0 Å². The molecule has 10 N–H and O–H groups in total. The van der Waals surface area contributed by atoms with Crippen LogP contribution in [0.25, 0.3) is 0 Å². The molecule has 282 valence electrons. The van der Waals surface area contributed by atoms with Gasteiger partial charge in [-0.15, -0.1) is 0 Å². The van der Waals surface area contributed by atoms with Gasteiger partial charge < -0.3 is 43.0 Å². The summed E-state index contributed by atoms with van der Waals surface area (Å²) in [5, 5.41) is 5.71. The van der Waals surface area contributed by atoms with Gasteiger partial charge >= 0.3 is 0 Å². The third-order valence-corrected chi connectivity index (χ3v) is 8.79. The van der Waals surface area contributed by atoms with Crippen LogP contribution in [0.5, 0.6) is 11.5 Å². The summed E-state index contributed by atoms with van der Waals surface area (Å²) in [4.78, 5) is 66.3. The highest BCUT2D eigenvalue weighted by Gasteiger charge is 2.26. The van der Waals surface area contributed by atoms with Gasteiger partial charge in [0.05, 0.1) is 43.5 Å². The monoisotopic (exact) mass is 710 g/mol. The van der Waals surface area contributed by atoms with Crippen LogP contribution in [0.3, 0.4) is 0 Å². The molecular weight excluding hydrogens is 652 g/mol. The van der Waals surface area contributed by atoms with Crippen LogP contribution in [-0.4, -0.2) is 81.1 Å². The highest BCUT2D eigenvalue weighted by atomic mass is 16.5. The van der Waals surface area contributed by atoms with Crippen molar-refractivity contribution in [1.82, 2.24) is 10.6 Å². The van der Waals surface area contributed by atoms with Gasteiger partial charge in [-0.05, 0) is 106 Å². The van der Waals surface area contributed by atoms with Gasteiger partial charge in [0, 0.05) is 19.3 Å². The zero-order valence-electron chi connectivity index (χ0n) is 30.5. The lowest BCUT2D eigenvalue weighted by atomic mass is 9.96. The number of hydrogen-bond acceptors (Lipinski definition) is 11. The first-order chi connectivity index (χ1) is 24.5. The summed E-state index contributed by atoms with van der Waals surface area (Å²) < 4.78 is 10.9. The number of methoxy groups -OCH3 is 2. The number of benzene rings is 2. The van der Waals surface area contributed by atoms with Crippen molar-refractivity contribution >= 4 is 29.2 Å². The first-order valence-electron chi connectivity index (χ1n) is 17.9. The molecule has 0 saturated carbocycles. The van der Waals surface area contributed by atoms with Gasteiger partial charge in [0.1, 0.15) is 11.5 Å². The number of nitrogens with one attached hydrogen (secondary N) is 2. The van der Waals surface area contributed by atoms with E-state index in [-0.39, 0.29) is 53.5 Å². The summed E-state index contributed by atoms with van der Waals surface area (Å²) in [7, 11) is 2.87. The minimum Gasteiger partial charge on any atom is -0.496 e. The van der Waals surface area contributed by atoms with E-state index in [1.807, 2.05) is 0 Å². The molecule has 2 rings (SSSR count). The van der Waals surface area contributed by atoms with Crippen LogP contribution < -0.4 is 43.0 Å². The van der Waals surface area contributed by atoms with Gasteiger partial charge in [-0.1, -0.05) is 25.5 Å². The molecule has 0 spiro atoms. The number of hydrogen-bond donors (Lipinski definition) is 6. The third-order valence-electron chi connectivity index (χ3n) is 8.79. The van der Waals surface area contributed by atoms with Crippen LogP contribution in [0.2, 0.25) is 0 Å². The number of ether oxygens (including phenoxy) is 2. The van der Waals surface area contributed by atoms with E-state index in [0.717, 1.165) is 19.3 Å². The number of amides is 2. The molecule has 0 bridgehead atoms. The zero-order valence-corrected chi connectivity index (χ0v) is 30.5. The van der Waals surface area contributed by atoms with Crippen LogP contribution in [0.15, 0.2) is 36.4 Å². The second kappa shape index (κ2) is 23.3. The van der Waals surface area contributed by atoms with Gasteiger partial charge in [0.2, 0.25) is 0 Å². The molecule has 2 aromatic carbocycles. The number of carbonyl (C=O) groups is 5. The van der Waals surface area contributed by atoms with Gasteiger partial charge in [0.25, 0.3) is 11.8 Å². The zero-order chi connectivity index (χ0) is 37.8. The average Bonchev–Trinajstić information content (AvgIpc) is 3.13. The topological polar surface area (TPSA) is 232 Å². The molecule has 2 amide bonds. The molecule has 0 fully saturated rings. The van der Waals surface area contributed by atoms with Gasteiger partial charge in [0.15, 0.2) is 17.3 Å². The van der Waals surface area contributed by atoms with E-state index in [9.17, 15) is 24.0 Å². The van der Waals surface area contributed by atoms with Crippen LogP contribution >= 0.6 is 0 Å². The summed E-state index contributed by atoms with van der Waals surface area (Å²) in [5.41, 5.74) is 24.5. The normalized spacial score (nSPS) is 12.8. The van der Waals surface area contributed by atoms with Crippen molar-refractivity contribution in [3.8, 4) is 11.5 Å². The van der Waals surface area contributed by atoms with Crippen molar-refractivity contribution in [3.05, 3.63) is 58.7 Å². The Bertz CT molecular complexity index is 1450. The van der Waals surface area contributed by atoms with Crippen LogP contribution in [0.4, 0.5) is 0 Å². The fourth-order valence-electron chi connectivity index (χ4n) is 5.74. The van der Waals surface area contributed by atoms with Crippen LogP contribution in [0.1, 0.15) is 103 Å². The fraction of sp³-hybridized carbons (Fsp3) is 0.553. The lowest BCUT2D eigenvalue weighted by Gasteiger charge is -2.20. The van der Waals surface area contributed by atoms with E-state index in [1.54, 1.807) is 43.3 Å². The molecule has 13 nitrogen and oxygen atoms in total. The highest BCUT2D eigenvalue weighted by molar-refractivity contribution is 6.02. The molecule has 0 aliphatic rings. The number of unbranched alkanes of at least 4 members (excludes halogenated alkanes) is 3. The minimum absolute atomic E-state index is 0.0430. The predicted octanol–water partition coefficient (Wildman–Crippen LogP) is 2.52. The Kier molecular flexibility index (Phi) is 19.7. The van der Waals surface area contributed by atoms with Crippen LogP contribution in [-0.2, 0) is 27.2 Å². The van der Waals surface area contributed by atoms with Crippen molar-refractivity contribution in [3.63, 3.8) is 0 Å². The summed E-state index contributed by atoms with van der Waals surface area (Å²) in [6, 6.07) is 7.60. The van der Waals surface area contributed by atoms with Crippen LogP contribution in [0, 0.1) is 0 Å². The van der Waals surface area contributed by atoms with Gasteiger partial charge in [-0.25, -0.2) is 0 Å². The van der Waals surface area contributed by atoms with E-state index >= 15 is 0 Å². The number of carbonyl (C=O) groups excluding carboxylic acids is 5. The molecule has 13 heteroatoms. The molecule has 0 saturated heterocycles. The molecule has 0 heterocycles. The Balaban J connectivity index is 2.29. The van der Waals surface area contributed by atoms with Gasteiger partial charge in [-0.3, -0.25) is 24.0 Å². The molecule has 3 atom stereocenters. The maximum absolute atomic E-state index is 13.8. The average molecular weight is 711 g/mol. The Morgan fingerprint density at radius 3 is 1.43 bits per heavy atom. The van der Waals surface area contributed by atoms with Crippen molar-refractivity contribution < 1.29 is 33.4 Å². The van der Waals surface area contributed by atoms with Crippen molar-refractivity contribution in [2.75, 3.05) is 33.9 Å². The van der Waals surface area contributed by atoms with Crippen molar-refractivity contribution in [2.24, 2.45) is 22.9 Å². The summed E-state index contributed by atoms with van der Waals surface area (Å²) >= 11 is 0. The summed E-state index contributed by atoms with van der Waals surface area (Å²) in [5.74, 6) is -0.944. The van der Waals surface area contributed by atoms with Crippen molar-refractivity contribution in [2.45, 2.75) is 102 Å². The number of nitrogens with two attached hydrogens (primary N) is 4. The lowest BCUT2D eigenvalue weighted by molar-refractivity contribution is -0.121. The van der Waals surface area contributed by atoms with Crippen molar-refractivity contribution in [1.29, 1.82) is 0 Å². The lowest BCUT2D eigenvalue weighted by Crippen LogP contribution is -2.42. The number of ketones is 3. The minimum atomic E-state index is -0.872. The standard InChI is InChI=1S/C38H58N6O7/c1-4-32(45)30(12-6-9-19-40)43-37(48)28-22-26(15-17-36(28)51-3)24-34(47)31(13-7-10-20-41)44-38(49)27-21-25(14-16-35(27)50-2)23-33(46)29(42)11-5-8-18-39/h14-17,21-22,29-31H,4-13,18-20,23-24,39-42H2,1-3H3,(H,43,48)(H,44,49)/t29-,30-,31-/m0/s1. The highest BCUT2D eigenvalue weighted by Crippen LogP contribution is 2.24. The quantitative estimate of drug-likeness (QED) is 0.0777. The second-order valence-corrected chi connectivity index (χ2v) is 12.7. The molecule has 0 aliphatic carbocycles. The first-order valence-corrected chi connectivity index (χ1v) is 17.9. The SMILES string of the molecule is CCC(=O)[C@H](CCCCN)NC(=O)c1cc(CC(=O)[C@H](CCCCN)NC(=O)c2cc(CC(=O)[C@@H](N)CCCCN)ccc2OC)ccc1OC. The molecule has 2 aromatic rings. The molecule has 51 heavy (non-hydrogen) atoms. The summed E-state index contributed by atoms with van der Waals surface area (Å²) in [6.07, 6.45) is 5.77. The van der Waals surface area contributed by atoms with Gasteiger partial charge in [-0.2, -0.15) is 0 Å². The van der Waals surface area contributed by atoms with E-state index in [2.05, 4.69) is 10.6 Å². The number of Topliss-reactive ketones (excluding diaryl/α,β-unsaturated/α-hetero) is 3. The Labute approximate surface area is 301 Å². The number of rotatable bonds is 26. The molecule has 0 aromatic heterocycles. The Hall–Kier alpha value is -4.17. The molecular formula is C38H58N6O7. The third kappa shape index (κ3) is 14.2. The van der Waals surface area contributed by atoms with E-state index in [1.165, 1.54) is 14.2 Å². The molecule has 0 radical (unpaired) electrons. The summed E-state index contributed by atoms with van der Waals surface area (Å²) in [6.45, 7) is 3.20. The van der Waals surface area contributed by atoms with E-state index in [4.69, 9.17) is 32.4 Å². The molecule has 0 aliphatic heterocycles. The second-order valence-electron chi connectivity index (χ2n) is 12.7.